The van der Waals surface area contributed by atoms with Crippen molar-refractivity contribution in [2.45, 2.75) is 44.9 Å². The third-order valence-electron chi connectivity index (χ3n) is 5.70. The number of hydrogen-bond donors (Lipinski definition) is 0. The average Bonchev–Trinajstić information content (AvgIpc) is 2.83. The summed E-state index contributed by atoms with van der Waals surface area (Å²) in [6.45, 7) is 2.50. The largest absolute Gasteiger partial charge is 0.490 e. The fraction of sp³-hybridized carbons (Fsp3) is 0.346. The molecule has 1 aromatic heterocycles. The van der Waals surface area contributed by atoms with Crippen LogP contribution >= 0.6 is 15.9 Å². The van der Waals surface area contributed by atoms with Crippen molar-refractivity contribution in [2.24, 2.45) is 5.10 Å². The normalized spacial score (nSPS) is 14.5. The number of para-hydroxylation sites is 1. The van der Waals surface area contributed by atoms with Crippen molar-refractivity contribution < 1.29 is 9.47 Å². The van der Waals surface area contributed by atoms with E-state index in [0.717, 1.165) is 37.1 Å². The van der Waals surface area contributed by atoms with Crippen molar-refractivity contribution in [3.8, 4) is 23.8 Å². The predicted octanol–water partition coefficient (Wildman–Crippen LogP) is 5.50. The van der Waals surface area contributed by atoms with Crippen LogP contribution in [0.3, 0.4) is 0 Å². The Kier molecular flexibility index (Phi) is 7.46. The second-order valence-corrected chi connectivity index (χ2v) is 8.79. The first kappa shape index (κ1) is 23.1. The summed E-state index contributed by atoms with van der Waals surface area (Å²) in [5, 5.41) is 5.16. The molecule has 0 N–H and O–H groups in total. The quantitative estimate of drug-likeness (QED) is 0.312. The van der Waals surface area contributed by atoms with Crippen LogP contribution in [0.4, 0.5) is 0 Å². The number of fused-ring (bicyclic) bond motifs is 1. The molecule has 6 nitrogen and oxygen atoms in total. The predicted molar refractivity (Wildman–Crippen MR) is 134 cm³/mol. The number of nitrogens with zero attached hydrogens (tertiary/aromatic N) is 3. The molecule has 1 aliphatic rings. The first-order valence-electron chi connectivity index (χ1n) is 11.2. The molecule has 170 valence electrons. The fourth-order valence-electron chi connectivity index (χ4n) is 4.18. The van der Waals surface area contributed by atoms with E-state index >= 15 is 0 Å². The molecule has 4 rings (SSSR count). The summed E-state index contributed by atoms with van der Waals surface area (Å²) in [7, 11) is 0. The molecular weight excluding hydrogens is 482 g/mol. The zero-order valence-corrected chi connectivity index (χ0v) is 20.2. The van der Waals surface area contributed by atoms with Gasteiger partial charge in [0.25, 0.3) is 5.56 Å². The third-order valence-corrected chi connectivity index (χ3v) is 6.29. The number of ether oxygens (including phenoxy) is 2. The monoisotopic (exact) mass is 507 g/mol. The summed E-state index contributed by atoms with van der Waals surface area (Å²) in [5.74, 6) is 4.51. The highest BCUT2D eigenvalue weighted by Gasteiger charge is 2.22. The smallest absolute Gasteiger partial charge is 0.282 e. The lowest BCUT2D eigenvalue weighted by atomic mass is 9.88. The van der Waals surface area contributed by atoms with Gasteiger partial charge in [0.1, 0.15) is 12.4 Å². The Balaban J connectivity index is 1.78. The Hall–Kier alpha value is -3.11. The van der Waals surface area contributed by atoms with E-state index in [1.165, 1.54) is 11.1 Å². The topological polar surface area (TPSA) is 65.7 Å². The highest BCUT2D eigenvalue weighted by molar-refractivity contribution is 9.10. The van der Waals surface area contributed by atoms with Gasteiger partial charge in [-0.05, 0) is 65.5 Å². The summed E-state index contributed by atoms with van der Waals surface area (Å²) in [4.78, 5) is 18.2. The van der Waals surface area contributed by atoms with Gasteiger partial charge in [-0.2, -0.15) is 9.78 Å². The molecule has 0 saturated heterocycles. The van der Waals surface area contributed by atoms with E-state index in [-0.39, 0.29) is 18.1 Å². The molecule has 2 aromatic carbocycles. The number of hydrogen-bond acceptors (Lipinski definition) is 5. The number of halogens is 1. The molecule has 1 fully saturated rings. The van der Waals surface area contributed by atoms with Crippen molar-refractivity contribution >= 4 is 33.0 Å². The summed E-state index contributed by atoms with van der Waals surface area (Å²) < 4.78 is 13.5. The van der Waals surface area contributed by atoms with Gasteiger partial charge < -0.3 is 9.47 Å². The number of terminal acetylenes is 1. The van der Waals surface area contributed by atoms with E-state index in [0.29, 0.717) is 33.5 Å². The van der Waals surface area contributed by atoms with E-state index in [1.54, 1.807) is 12.3 Å². The Bertz CT molecular complexity index is 1270. The van der Waals surface area contributed by atoms with E-state index in [2.05, 4.69) is 27.0 Å². The van der Waals surface area contributed by atoms with Gasteiger partial charge >= 0.3 is 0 Å². The van der Waals surface area contributed by atoms with Gasteiger partial charge in [-0.1, -0.05) is 37.3 Å². The number of benzene rings is 2. The first-order chi connectivity index (χ1) is 16.1. The molecule has 1 aliphatic carbocycles. The molecule has 0 bridgehead atoms. The van der Waals surface area contributed by atoms with E-state index in [1.807, 2.05) is 37.3 Å². The minimum absolute atomic E-state index is 0.134. The highest BCUT2D eigenvalue weighted by atomic mass is 79.9. The molecule has 1 heterocycles. The molecule has 0 unspecified atom stereocenters. The maximum Gasteiger partial charge on any atom is 0.282 e. The van der Waals surface area contributed by atoms with Crippen LogP contribution in [-0.2, 0) is 0 Å². The minimum Gasteiger partial charge on any atom is -0.490 e. The molecule has 3 aromatic rings. The van der Waals surface area contributed by atoms with Crippen LogP contribution in [0.2, 0.25) is 0 Å². The van der Waals surface area contributed by atoms with Gasteiger partial charge in [0.15, 0.2) is 11.5 Å². The molecule has 0 atom stereocenters. The molecule has 7 heteroatoms. The second-order valence-electron chi connectivity index (χ2n) is 7.94. The van der Waals surface area contributed by atoms with Crippen LogP contribution in [0.15, 0.2) is 50.8 Å². The van der Waals surface area contributed by atoms with Crippen LogP contribution in [0, 0.1) is 12.3 Å². The van der Waals surface area contributed by atoms with E-state index in [4.69, 9.17) is 20.9 Å². The highest BCUT2D eigenvalue weighted by Crippen LogP contribution is 2.37. The van der Waals surface area contributed by atoms with Crippen LogP contribution in [0.5, 0.6) is 11.5 Å². The van der Waals surface area contributed by atoms with Gasteiger partial charge in [-0.15, -0.1) is 6.42 Å². The summed E-state index contributed by atoms with van der Waals surface area (Å²) in [6, 6.07) is 11.1. The molecule has 0 radical (unpaired) electrons. The number of aromatic nitrogens is 2. The Morgan fingerprint density at radius 2 is 2.03 bits per heavy atom. The SMILES string of the molecule is C#CCOc1c(Br)cc(C=Nn2c(C3CCCCC3)nc3ccccc3c2=O)cc1OCC. The zero-order valence-electron chi connectivity index (χ0n) is 18.6. The summed E-state index contributed by atoms with van der Waals surface area (Å²) >= 11 is 3.53. The van der Waals surface area contributed by atoms with Crippen molar-refractivity contribution in [3.05, 3.63) is 62.6 Å². The molecular formula is C26H26BrN3O3. The van der Waals surface area contributed by atoms with E-state index < -0.39 is 0 Å². The van der Waals surface area contributed by atoms with Crippen molar-refractivity contribution in [1.29, 1.82) is 0 Å². The Morgan fingerprint density at radius 3 is 2.79 bits per heavy atom. The summed E-state index contributed by atoms with van der Waals surface area (Å²) in [5.41, 5.74) is 1.31. The average molecular weight is 508 g/mol. The lowest BCUT2D eigenvalue weighted by molar-refractivity contribution is 0.298. The Labute approximate surface area is 201 Å². The maximum absolute atomic E-state index is 13.4. The van der Waals surface area contributed by atoms with Gasteiger partial charge in [0, 0.05) is 5.92 Å². The minimum atomic E-state index is -0.157. The van der Waals surface area contributed by atoms with Crippen LogP contribution in [0.1, 0.15) is 56.3 Å². The lowest BCUT2D eigenvalue weighted by Crippen LogP contribution is -2.25. The summed E-state index contributed by atoms with van der Waals surface area (Å²) in [6.07, 6.45) is 12.5. The lowest BCUT2D eigenvalue weighted by Gasteiger charge is -2.22. The van der Waals surface area contributed by atoms with Crippen LogP contribution in [0.25, 0.3) is 10.9 Å². The third kappa shape index (κ3) is 5.12. The molecule has 0 aliphatic heterocycles. The number of rotatable bonds is 7. The van der Waals surface area contributed by atoms with Gasteiger partial charge in [0.2, 0.25) is 0 Å². The van der Waals surface area contributed by atoms with Gasteiger partial charge in [0.05, 0.1) is 28.2 Å². The van der Waals surface area contributed by atoms with Crippen molar-refractivity contribution in [3.63, 3.8) is 0 Å². The molecule has 0 amide bonds. The fourth-order valence-corrected chi connectivity index (χ4v) is 4.76. The van der Waals surface area contributed by atoms with Gasteiger partial charge in [-0.3, -0.25) is 4.79 Å². The molecule has 1 saturated carbocycles. The van der Waals surface area contributed by atoms with E-state index in [9.17, 15) is 4.79 Å². The van der Waals surface area contributed by atoms with Gasteiger partial charge in [-0.25, -0.2) is 4.98 Å². The molecule has 33 heavy (non-hydrogen) atoms. The Morgan fingerprint density at radius 1 is 1.24 bits per heavy atom. The second kappa shape index (κ2) is 10.7. The van der Waals surface area contributed by atoms with Crippen molar-refractivity contribution in [2.75, 3.05) is 13.2 Å². The first-order valence-corrected chi connectivity index (χ1v) is 12.0. The standard InChI is InChI=1S/C26H26BrN3O3/c1-3-14-33-24-21(27)15-18(16-23(24)32-4-2)17-28-30-25(19-10-6-5-7-11-19)29-22-13-9-8-12-20(22)26(30)31/h1,8-9,12-13,15-17,19H,4-7,10-11,14H2,2H3. The maximum atomic E-state index is 13.4. The van der Waals surface area contributed by atoms with Crippen LogP contribution in [-0.4, -0.2) is 29.1 Å². The molecule has 0 spiro atoms. The van der Waals surface area contributed by atoms with Crippen LogP contribution < -0.4 is 15.0 Å². The zero-order chi connectivity index (χ0) is 23.2. The van der Waals surface area contributed by atoms with Crippen molar-refractivity contribution in [1.82, 2.24) is 9.66 Å².